The molecule has 0 spiro atoms. The fourth-order valence-corrected chi connectivity index (χ4v) is 3.74. The summed E-state index contributed by atoms with van der Waals surface area (Å²) in [4.78, 5) is 45.0. The maximum atomic E-state index is 12.4. The summed E-state index contributed by atoms with van der Waals surface area (Å²) in [5, 5.41) is 13.0. The maximum Gasteiger partial charge on any atom is 0.385 e. The molecule has 3 N–H and O–H groups in total. The summed E-state index contributed by atoms with van der Waals surface area (Å²) in [7, 11) is 0. The van der Waals surface area contributed by atoms with E-state index in [0.717, 1.165) is 16.7 Å². The number of phenolic OH excluding ortho intramolecular Hbond substituents is 1. The van der Waals surface area contributed by atoms with Crippen LogP contribution in [0.25, 0.3) is 0 Å². The zero-order valence-electron chi connectivity index (χ0n) is 22.3. The van der Waals surface area contributed by atoms with E-state index in [1.165, 1.54) is 13.0 Å². The van der Waals surface area contributed by atoms with Crippen LogP contribution in [0, 0.1) is 13.8 Å². The van der Waals surface area contributed by atoms with E-state index < -0.39 is 18.0 Å². The number of esters is 1. The summed E-state index contributed by atoms with van der Waals surface area (Å²) >= 11 is 0. The topological polar surface area (TPSA) is 132 Å². The number of ether oxygens (including phenoxy) is 2. The minimum Gasteiger partial charge on any atom is -0.506 e. The van der Waals surface area contributed by atoms with Gasteiger partial charge in [0.15, 0.2) is 0 Å². The van der Waals surface area contributed by atoms with Crippen LogP contribution in [0.2, 0.25) is 0 Å². The highest BCUT2D eigenvalue weighted by molar-refractivity contribution is 5.92. The van der Waals surface area contributed by atoms with Crippen molar-refractivity contribution in [2.45, 2.75) is 53.1 Å². The Labute approximate surface area is 226 Å². The Morgan fingerprint density at radius 1 is 0.974 bits per heavy atom. The van der Waals surface area contributed by atoms with E-state index in [4.69, 9.17) is 14.5 Å². The predicted molar refractivity (Wildman–Crippen MR) is 144 cm³/mol. The summed E-state index contributed by atoms with van der Waals surface area (Å²) in [5.74, 6) is -0.768. The van der Waals surface area contributed by atoms with Gasteiger partial charge >= 0.3 is 11.9 Å². The zero-order chi connectivity index (χ0) is 28.4. The van der Waals surface area contributed by atoms with Gasteiger partial charge in [0.05, 0.1) is 11.4 Å². The number of nitrogens with one attached hydrogen (secondary N) is 2. The first-order valence-electron chi connectivity index (χ1n) is 12.4. The average molecular weight is 537 g/mol. The average Bonchev–Trinajstić information content (AvgIpc) is 2.90. The molecule has 1 atom stereocenters. The second kappa shape index (κ2) is 13.8. The third-order valence-electron chi connectivity index (χ3n) is 5.63. The molecule has 206 valence electrons. The molecule has 0 bridgehead atoms. The zero-order valence-corrected chi connectivity index (χ0v) is 22.3. The Hall–Kier alpha value is -4.57. The fourth-order valence-electron chi connectivity index (χ4n) is 3.74. The lowest BCUT2D eigenvalue weighted by atomic mass is 10.1. The molecule has 0 aliphatic heterocycles. The van der Waals surface area contributed by atoms with Crippen LogP contribution in [0.5, 0.6) is 17.2 Å². The number of anilines is 2. The van der Waals surface area contributed by atoms with Gasteiger partial charge in [-0.1, -0.05) is 42.2 Å². The number of rotatable bonds is 12. The standard InChI is InChI=1S/C29H32N2O8/c1-5-26(36-20(4)32)29(35)38-39-31-22-15-18(2)28(19(3)16-22)37-23-12-13-25(33)24(17-23)30-27(34)14-11-21-9-7-6-8-10-21/h6-10,12-13,15-17,26,31,33H,5,11,14H2,1-4H3,(H,30,34). The second-order valence-corrected chi connectivity index (χ2v) is 8.85. The van der Waals surface area contributed by atoms with E-state index in [1.54, 1.807) is 31.2 Å². The minimum absolute atomic E-state index is 0.0749. The lowest BCUT2D eigenvalue weighted by Gasteiger charge is -2.16. The van der Waals surface area contributed by atoms with Crippen LogP contribution in [0.4, 0.5) is 11.4 Å². The van der Waals surface area contributed by atoms with Crippen molar-refractivity contribution in [1.29, 1.82) is 0 Å². The SMILES string of the molecule is CCC(OC(C)=O)C(=O)OONc1cc(C)c(Oc2ccc(O)c(NC(=O)CCc3ccccc3)c2)c(C)c1. The maximum absolute atomic E-state index is 12.4. The van der Waals surface area contributed by atoms with Crippen molar-refractivity contribution in [3.05, 3.63) is 77.4 Å². The normalized spacial score (nSPS) is 11.3. The Balaban J connectivity index is 1.60. The molecule has 39 heavy (non-hydrogen) atoms. The molecule has 3 rings (SSSR count). The van der Waals surface area contributed by atoms with Crippen molar-refractivity contribution < 1.29 is 38.8 Å². The largest absolute Gasteiger partial charge is 0.506 e. The van der Waals surface area contributed by atoms with Crippen molar-refractivity contribution in [2.75, 3.05) is 10.8 Å². The number of carbonyl (C=O) groups excluding carboxylic acids is 3. The van der Waals surface area contributed by atoms with E-state index >= 15 is 0 Å². The number of benzene rings is 3. The van der Waals surface area contributed by atoms with E-state index in [0.29, 0.717) is 23.6 Å². The highest BCUT2D eigenvalue weighted by Gasteiger charge is 2.22. The molecule has 0 aliphatic rings. The third-order valence-corrected chi connectivity index (χ3v) is 5.63. The number of hydrogen-bond donors (Lipinski definition) is 3. The molecular weight excluding hydrogens is 504 g/mol. The molecular formula is C29H32N2O8. The van der Waals surface area contributed by atoms with Crippen LogP contribution in [0.1, 0.15) is 43.4 Å². The number of aromatic hydroxyl groups is 1. The van der Waals surface area contributed by atoms with Crippen LogP contribution in [0.3, 0.4) is 0 Å². The molecule has 1 amide bonds. The molecule has 3 aromatic rings. The molecule has 10 heteroatoms. The van der Waals surface area contributed by atoms with Crippen molar-refractivity contribution in [1.82, 2.24) is 0 Å². The quantitative estimate of drug-likeness (QED) is 0.118. The van der Waals surface area contributed by atoms with Crippen molar-refractivity contribution in [2.24, 2.45) is 0 Å². The number of aryl methyl sites for hydroxylation is 3. The number of hydrogen-bond acceptors (Lipinski definition) is 9. The molecule has 0 aromatic heterocycles. The molecule has 10 nitrogen and oxygen atoms in total. The van der Waals surface area contributed by atoms with E-state index in [1.807, 2.05) is 44.2 Å². The number of phenols is 1. The van der Waals surface area contributed by atoms with Gasteiger partial charge in [-0.2, -0.15) is 0 Å². The first kappa shape index (κ1) is 29.0. The molecule has 1 unspecified atom stereocenters. The van der Waals surface area contributed by atoms with Gasteiger partial charge in [0.2, 0.25) is 12.0 Å². The van der Waals surface area contributed by atoms with Crippen LogP contribution in [-0.2, 0) is 35.4 Å². The lowest BCUT2D eigenvalue weighted by molar-refractivity contribution is -0.263. The van der Waals surface area contributed by atoms with E-state index in [-0.39, 0.29) is 30.2 Å². The fraction of sp³-hybridized carbons (Fsp3) is 0.276. The van der Waals surface area contributed by atoms with E-state index in [9.17, 15) is 19.5 Å². The van der Waals surface area contributed by atoms with Crippen molar-refractivity contribution >= 4 is 29.2 Å². The highest BCUT2D eigenvalue weighted by atomic mass is 17.3. The van der Waals surface area contributed by atoms with Crippen molar-refractivity contribution in [3.8, 4) is 17.2 Å². The molecule has 0 saturated heterocycles. The summed E-state index contributed by atoms with van der Waals surface area (Å²) in [6.45, 7) is 6.51. The summed E-state index contributed by atoms with van der Waals surface area (Å²) in [6, 6.07) is 17.7. The first-order chi connectivity index (χ1) is 18.7. The van der Waals surface area contributed by atoms with E-state index in [2.05, 4.69) is 15.7 Å². The van der Waals surface area contributed by atoms with Crippen LogP contribution in [0.15, 0.2) is 60.7 Å². The van der Waals surface area contributed by atoms with Gasteiger partial charge < -0.3 is 19.9 Å². The molecule has 0 saturated carbocycles. The van der Waals surface area contributed by atoms with Gasteiger partial charge in [-0.3, -0.25) is 14.5 Å². The minimum atomic E-state index is -1.06. The summed E-state index contributed by atoms with van der Waals surface area (Å²) in [5.41, 5.74) is 5.78. The molecule has 0 heterocycles. The monoisotopic (exact) mass is 536 g/mol. The Morgan fingerprint density at radius 2 is 1.67 bits per heavy atom. The molecule has 0 aliphatic carbocycles. The van der Waals surface area contributed by atoms with Gasteiger partial charge in [0.1, 0.15) is 17.2 Å². The smallest absolute Gasteiger partial charge is 0.385 e. The third kappa shape index (κ3) is 8.75. The number of amides is 1. The Bertz CT molecular complexity index is 1290. The Morgan fingerprint density at radius 3 is 2.31 bits per heavy atom. The van der Waals surface area contributed by atoms with Gasteiger partial charge in [-0.05, 0) is 67.6 Å². The van der Waals surface area contributed by atoms with Crippen molar-refractivity contribution in [3.63, 3.8) is 0 Å². The lowest BCUT2D eigenvalue weighted by Crippen LogP contribution is -2.28. The number of carbonyl (C=O) groups is 3. The highest BCUT2D eigenvalue weighted by Crippen LogP contribution is 2.35. The van der Waals surface area contributed by atoms with Gasteiger partial charge in [0.25, 0.3) is 0 Å². The summed E-state index contributed by atoms with van der Waals surface area (Å²) < 4.78 is 10.9. The second-order valence-electron chi connectivity index (χ2n) is 8.85. The molecule has 0 radical (unpaired) electrons. The van der Waals surface area contributed by atoms with Gasteiger partial charge in [-0.25, -0.2) is 10.3 Å². The molecule has 3 aromatic carbocycles. The van der Waals surface area contributed by atoms with Gasteiger partial charge in [0, 0.05) is 19.4 Å². The summed E-state index contributed by atoms with van der Waals surface area (Å²) in [6.07, 6.45) is 0.0212. The van der Waals surface area contributed by atoms with Crippen LogP contribution < -0.4 is 15.5 Å². The van der Waals surface area contributed by atoms with Crippen LogP contribution >= 0.6 is 0 Å². The first-order valence-corrected chi connectivity index (χ1v) is 12.4. The molecule has 0 fully saturated rings. The predicted octanol–water partition coefficient (Wildman–Crippen LogP) is 5.52. The van der Waals surface area contributed by atoms with Crippen LogP contribution in [-0.4, -0.2) is 29.1 Å². The van der Waals surface area contributed by atoms with Gasteiger partial charge in [-0.15, -0.1) is 0 Å². The Kier molecular flexibility index (Phi) is 10.3.